The zero-order chi connectivity index (χ0) is 8.55. The second-order valence-electron chi connectivity index (χ2n) is 2.37. The lowest BCUT2D eigenvalue weighted by atomic mass is 10.2. The van der Waals surface area contributed by atoms with Crippen LogP contribution in [0.4, 0.5) is 0 Å². The molecule has 0 fully saturated rings. The largest absolute Gasteiger partial charge is 0.497 e. The summed E-state index contributed by atoms with van der Waals surface area (Å²) in [6.45, 7) is 0. The Kier molecular flexibility index (Phi) is 1.10. The van der Waals surface area contributed by atoms with E-state index in [1.165, 1.54) is 0 Å². The van der Waals surface area contributed by atoms with Gasteiger partial charge in [0.25, 0.3) is 0 Å². The average molecular weight is 148 g/mol. The molecular formula is C9H9NO. The first-order chi connectivity index (χ1) is 5.79. The highest BCUT2D eigenvalue weighted by Gasteiger charge is 1.94. The van der Waals surface area contributed by atoms with Crippen molar-refractivity contribution in [3.63, 3.8) is 0 Å². The summed E-state index contributed by atoms with van der Waals surface area (Å²) < 4.78 is 12.4. The molecule has 0 saturated carbocycles. The van der Waals surface area contributed by atoms with Gasteiger partial charge < -0.3 is 9.72 Å². The fourth-order valence-electron chi connectivity index (χ4n) is 1.09. The van der Waals surface area contributed by atoms with Crippen molar-refractivity contribution in [2.24, 2.45) is 0 Å². The average Bonchev–Trinajstić information content (AvgIpc) is 2.43. The van der Waals surface area contributed by atoms with Gasteiger partial charge in [0.05, 0.1) is 8.48 Å². The van der Waals surface area contributed by atoms with E-state index in [2.05, 4.69) is 4.98 Å². The zero-order valence-corrected chi connectivity index (χ0v) is 6.22. The van der Waals surface area contributed by atoms with Gasteiger partial charge in [-0.25, -0.2) is 0 Å². The normalized spacial score (nSPS) is 11.5. The van der Waals surface area contributed by atoms with Crippen LogP contribution in [0.25, 0.3) is 10.9 Å². The maximum atomic E-state index is 7.35. The van der Waals surface area contributed by atoms with Crippen molar-refractivity contribution in [2.45, 2.75) is 0 Å². The lowest BCUT2D eigenvalue weighted by Crippen LogP contribution is -1.80. The van der Waals surface area contributed by atoms with Crippen LogP contribution in [-0.4, -0.2) is 12.1 Å². The molecule has 2 rings (SSSR count). The number of aromatic nitrogens is 1. The van der Waals surface area contributed by atoms with Gasteiger partial charge >= 0.3 is 0 Å². The summed E-state index contributed by atoms with van der Waals surface area (Å²) in [6.07, 6.45) is 0.429. The van der Waals surface area contributed by atoms with E-state index in [1.807, 2.05) is 18.2 Å². The molecule has 0 atom stereocenters. The van der Waals surface area contributed by atoms with Crippen LogP contribution in [0.15, 0.2) is 30.4 Å². The van der Waals surface area contributed by atoms with E-state index in [4.69, 9.17) is 6.11 Å². The molecule has 1 aromatic heterocycles. The first-order valence-corrected chi connectivity index (χ1v) is 3.43. The molecule has 0 aliphatic rings. The molecule has 56 valence electrons. The van der Waals surface area contributed by atoms with E-state index in [0.717, 1.165) is 16.7 Å². The quantitative estimate of drug-likeness (QED) is 0.658. The Hall–Kier alpha value is -1.44. The van der Waals surface area contributed by atoms with Gasteiger partial charge in [-0.15, -0.1) is 0 Å². The smallest absolute Gasteiger partial charge is 0.119 e. The molecule has 1 N–H and O–H groups in total. The summed E-state index contributed by atoms with van der Waals surface area (Å²) >= 11 is 0. The molecule has 11 heavy (non-hydrogen) atoms. The lowest BCUT2D eigenvalue weighted by Gasteiger charge is -1.97. The highest BCUT2D eigenvalue weighted by atomic mass is 16.5. The Morgan fingerprint density at radius 2 is 2.36 bits per heavy atom. The van der Waals surface area contributed by atoms with Crippen LogP contribution in [0.2, 0.25) is 0 Å². The summed E-state index contributed by atoms with van der Waals surface area (Å²) in [5, 5.41) is 1.01. The molecule has 1 aromatic carbocycles. The lowest BCUT2D eigenvalue weighted by molar-refractivity contribution is 0.415. The fraction of sp³-hybridized carbons (Fsp3) is 0.111. The van der Waals surface area contributed by atoms with Crippen molar-refractivity contribution in [1.82, 2.24) is 4.98 Å². The van der Waals surface area contributed by atoms with Gasteiger partial charge in [-0.1, -0.05) is 0 Å². The molecule has 0 bridgehead atoms. The van der Waals surface area contributed by atoms with Crippen molar-refractivity contribution >= 4 is 10.9 Å². The van der Waals surface area contributed by atoms with Crippen LogP contribution in [-0.2, 0) is 0 Å². The minimum Gasteiger partial charge on any atom is -0.497 e. The first kappa shape index (κ1) is 5.24. The molecule has 0 spiro atoms. The summed E-state index contributed by atoms with van der Waals surface area (Å²) in [7, 11) is 1.63. The van der Waals surface area contributed by atoms with E-state index in [1.54, 1.807) is 13.2 Å². The maximum absolute atomic E-state index is 7.35. The third-order valence-electron chi connectivity index (χ3n) is 1.69. The molecule has 0 amide bonds. The Morgan fingerprint density at radius 1 is 1.45 bits per heavy atom. The molecule has 0 saturated heterocycles. The van der Waals surface area contributed by atoms with Gasteiger partial charge in [-0.05, 0) is 24.3 Å². The maximum Gasteiger partial charge on any atom is 0.119 e. The van der Waals surface area contributed by atoms with Gasteiger partial charge in [0, 0.05) is 17.1 Å². The summed E-state index contributed by atoms with van der Waals surface area (Å²) in [6, 6.07) is 7.46. The highest BCUT2D eigenvalue weighted by molar-refractivity contribution is 5.80. The Balaban J connectivity index is 2.66. The Bertz CT molecular complexity index is 408. The molecule has 0 aliphatic heterocycles. The number of benzene rings is 1. The van der Waals surface area contributed by atoms with Crippen LogP contribution in [0, 0.1) is 0 Å². The summed E-state index contributed by atoms with van der Waals surface area (Å²) in [5.41, 5.74) is 0.973. The van der Waals surface area contributed by atoms with Crippen LogP contribution >= 0.6 is 0 Å². The number of H-pyrrole nitrogens is 1. The van der Waals surface area contributed by atoms with Crippen LogP contribution in [0.3, 0.4) is 0 Å². The molecule has 0 aliphatic carbocycles. The Morgan fingerprint density at radius 3 is 3.18 bits per heavy atom. The number of hydrogen-bond donors (Lipinski definition) is 1. The van der Waals surface area contributed by atoms with E-state index in [9.17, 15) is 0 Å². The number of aromatic amines is 1. The molecule has 0 unspecified atom stereocenters. The fourth-order valence-corrected chi connectivity index (χ4v) is 1.09. The first-order valence-electron chi connectivity index (χ1n) is 3.93. The number of hydrogen-bond acceptors (Lipinski definition) is 1. The molecule has 0 radical (unpaired) electrons. The standard InChI is InChI=1S/C9H9NO/c1-11-8-2-3-9-7(6-8)4-5-10-9/h2-6,10H,1H3/i5D. The summed E-state index contributed by atoms with van der Waals surface area (Å²) in [5.74, 6) is 0.821. The van der Waals surface area contributed by atoms with E-state index in [-0.39, 0.29) is 0 Å². The molecular weight excluding hydrogens is 138 g/mol. The van der Waals surface area contributed by atoms with Gasteiger partial charge in [-0.2, -0.15) is 0 Å². The number of methoxy groups -OCH3 is 1. The molecule has 2 aromatic rings. The number of ether oxygens (including phenoxy) is 1. The minimum absolute atomic E-state index is 0.429. The number of nitrogens with one attached hydrogen (secondary N) is 1. The van der Waals surface area contributed by atoms with E-state index < -0.39 is 0 Å². The third-order valence-corrected chi connectivity index (χ3v) is 1.69. The predicted octanol–water partition coefficient (Wildman–Crippen LogP) is 2.18. The van der Waals surface area contributed by atoms with Gasteiger partial charge in [0.1, 0.15) is 5.75 Å². The predicted molar refractivity (Wildman–Crippen MR) is 44.9 cm³/mol. The van der Waals surface area contributed by atoms with Gasteiger partial charge in [0.2, 0.25) is 0 Å². The van der Waals surface area contributed by atoms with Gasteiger partial charge in [0.15, 0.2) is 0 Å². The SMILES string of the molecule is [2H]c1cc2cc(OC)ccc2[nH]1. The van der Waals surface area contributed by atoms with Crippen molar-refractivity contribution in [3.05, 3.63) is 30.4 Å². The van der Waals surface area contributed by atoms with E-state index in [0.29, 0.717) is 6.17 Å². The van der Waals surface area contributed by atoms with Crippen molar-refractivity contribution in [2.75, 3.05) is 7.11 Å². The van der Waals surface area contributed by atoms with Crippen LogP contribution in [0.1, 0.15) is 1.37 Å². The third kappa shape index (κ3) is 0.963. The number of rotatable bonds is 1. The monoisotopic (exact) mass is 148 g/mol. The molecule has 1 heterocycles. The van der Waals surface area contributed by atoms with Gasteiger partial charge in [-0.3, -0.25) is 0 Å². The second kappa shape index (κ2) is 2.31. The van der Waals surface area contributed by atoms with Crippen LogP contribution in [0.5, 0.6) is 5.75 Å². The van der Waals surface area contributed by atoms with Crippen LogP contribution < -0.4 is 4.74 Å². The van der Waals surface area contributed by atoms with Crippen molar-refractivity contribution < 1.29 is 6.11 Å². The number of fused-ring (bicyclic) bond motifs is 1. The molecule has 2 nitrogen and oxygen atoms in total. The minimum atomic E-state index is 0.429. The van der Waals surface area contributed by atoms with Crippen molar-refractivity contribution in [3.8, 4) is 5.75 Å². The molecule has 2 heteroatoms. The second-order valence-corrected chi connectivity index (χ2v) is 2.37. The zero-order valence-electron chi connectivity index (χ0n) is 7.22. The summed E-state index contributed by atoms with van der Waals surface area (Å²) in [4.78, 5) is 2.92. The van der Waals surface area contributed by atoms with E-state index >= 15 is 0 Å². The van der Waals surface area contributed by atoms with Crippen molar-refractivity contribution in [1.29, 1.82) is 0 Å². The topological polar surface area (TPSA) is 25.0 Å². The highest BCUT2D eigenvalue weighted by Crippen LogP contribution is 2.18. The Labute approximate surface area is 66.2 Å².